The first kappa shape index (κ1) is 5.69. The van der Waals surface area contributed by atoms with E-state index in [0.717, 1.165) is 11.7 Å². The number of amidine groups is 1. The van der Waals surface area contributed by atoms with E-state index in [9.17, 15) is 0 Å². The lowest BCUT2D eigenvalue weighted by Gasteiger charge is -2.04. The average Bonchev–Trinajstić information content (AvgIpc) is 1.90. The largest absolute Gasteiger partial charge is 0.360 e. The standard InChI is InChI=1S/C5H7N2S/c1-8-5-6-3-2-4-7-5/h3H,4H2,1H3,(H,6,7). The summed E-state index contributed by atoms with van der Waals surface area (Å²) in [5, 5.41) is 4.02. The third kappa shape index (κ3) is 1.26. The Balaban J connectivity index is 2.50. The number of rotatable bonds is 0. The Morgan fingerprint density at radius 1 is 2.00 bits per heavy atom. The van der Waals surface area contributed by atoms with Gasteiger partial charge < -0.3 is 5.32 Å². The van der Waals surface area contributed by atoms with Crippen molar-refractivity contribution < 1.29 is 0 Å². The highest BCUT2D eigenvalue weighted by Gasteiger charge is 1.94. The number of hydrogen-bond acceptors (Lipinski definition) is 3. The molecule has 1 N–H and O–H groups in total. The van der Waals surface area contributed by atoms with Crippen LogP contribution in [0.3, 0.4) is 0 Å². The average molecular weight is 127 g/mol. The Labute approximate surface area is 53.1 Å². The minimum atomic E-state index is 0.791. The van der Waals surface area contributed by atoms with Gasteiger partial charge >= 0.3 is 0 Å². The zero-order chi connectivity index (χ0) is 5.82. The molecular weight excluding hydrogens is 120 g/mol. The van der Waals surface area contributed by atoms with Gasteiger partial charge in [0.05, 0.1) is 0 Å². The second-order valence-corrected chi connectivity index (χ2v) is 2.12. The fourth-order valence-electron chi connectivity index (χ4n) is 0.447. The van der Waals surface area contributed by atoms with Crippen LogP contribution < -0.4 is 5.32 Å². The Hall–Kier alpha value is -0.440. The second kappa shape index (κ2) is 2.77. The minimum Gasteiger partial charge on any atom is -0.360 e. The monoisotopic (exact) mass is 127 g/mol. The predicted molar refractivity (Wildman–Crippen MR) is 36.8 cm³/mol. The van der Waals surface area contributed by atoms with E-state index in [1.807, 2.05) is 6.26 Å². The normalized spacial score (nSPS) is 17.4. The topological polar surface area (TPSA) is 24.4 Å². The zero-order valence-electron chi connectivity index (χ0n) is 4.64. The molecule has 1 rings (SSSR count). The Kier molecular flexibility index (Phi) is 1.97. The maximum Gasteiger partial charge on any atom is 0.161 e. The van der Waals surface area contributed by atoms with Gasteiger partial charge in [0, 0.05) is 12.7 Å². The van der Waals surface area contributed by atoms with Crippen molar-refractivity contribution in [2.24, 2.45) is 4.99 Å². The van der Waals surface area contributed by atoms with Crippen LogP contribution in [0.4, 0.5) is 0 Å². The first-order valence-corrected chi connectivity index (χ1v) is 3.56. The molecule has 1 aliphatic rings. The maximum atomic E-state index is 3.98. The molecule has 0 aromatic heterocycles. The highest BCUT2D eigenvalue weighted by atomic mass is 32.2. The van der Waals surface area contributed by atoms with Crippen LogP contribution in [0.25, 0.3) is 0 Å². The van der Waals surface area contributed by atoms with Crippen molar-refractivity contribution in [2.75, 3.05) is 12.8 Å². The first-order valence-electron chi connectivity index (χ1n) is 2.34. The van der Waals surface area contributed by atoms with Crippen LogP contribution in [0.15, 0.2) is 11.2 Å². The van der Waals surface area contributed by atoms with E-state index >= 15 is 0 Å². The molecular formula is C5H7N2S. The highest BCUT2D eigenvalue weighted by molar-refractivity contribution is 8.13. The number of nitrogens with zero attached hydrogens (tertiary/aromatic N) is 1. The van der Waals surface area contributed by atoms with E-state index in [4.69, 9.17) is 0 Å². The van der Waals surface area contributed by atoms with Gasteiger partial charge in [-0.1, -0.05) is 11.8 Å². The molecule has 1 heterocycles. The van der Waals surface area contributed by atoms with E-state index < -0.39 is 0 Å². The molecule has 0 bridgehead atoms. The maximum absolute atomic E-state index is 3.98. The van der Waals surface area contributed by atoms with E-state index in [1.54, 1.807) is 18.0 Å². The van der Waals surface area contributed by atoms with E-state index in [1.165, 1.54) is 0 Å². The van der Waals surface area contributed by atoms with Crippen molar-refractivity contribution in [1.29, 1.82) is 0 Å². The molecule has 0 atom stereocenters. The summed E-state index contributed by atoms with van der Waals surface area (Å²) in [6, 6.07) is 0. The van der Waals surface area contributed by atoms with Crippen LogP contribution in [0, 0.1) is 6.08 Å². The Morgan fingerprint density at radius 3 is 3.25 bits per heavy atom. The molecule has 0 aliphatic carbocycles. The number of thioether (sulfide) groups is 1. The second-order valence-electron chi connectivity index (χ2n) is 1.33. The van der Waals surface area contributed by atoms with Gasteiger partial charge in [-0.2, -0.15) is 0 Å². The van der Waals surface area contributed by atoms with Crippen molar-refractivity contribution in [3.63, 3.8) is 0 Å². The molecule has 0 unspecified atom stereocenters. The molecule has 0 aromatic carbocycles. The molecule has 8 heavy (non-hydrogen) atoms. The van der Waals surface area contributed by atoms with Crippen LogP contribution in [-0.4, -0.2) is 18.0 Å². The van der Waals surface area contributed by atoms with Gasteiger partial charge in [0.25, 0.3) is 0 Å². The van der Waals surface area contributed by atoms with Gasteiger partial charge in [-0.3, -0.25) is 0 Å². The van der Waals surface area contributed by atoms with Crippen molar-refractivity contribution in [1.82, 2.24) is 5.32 Å². The Morgan fingerprint density at radius 2 is 2.88 bits per heavy atom. The lowest BCUT2D eigenvalue weighted by Crippen LogP contribution is -2.22. The fourth-order valence-corrected chi connectivity index (χ4v) is 0.822. The number of nitrogens with one attached hydrogen (secondary N) is 1. The van der Waals surface area contributed by atoms with Crippen LogP contribution in [0.5, 0.6) is 0 Å². The predicted octanol–water partition coefficient (Wildman–Crippen LogP) is 0.625. The molecule has 0 saturated carbocycles. The molecule has 0 amide bonds. The summed E-state index contributed by atoms with van der Waals surface area (Å²) in [5.41, 5.74) is 0. The lowest BCUT2D eigenvalue weighted by atomic mass is 10.6. The van der Waals surface area contributed by atoms with Gasteiger partial charge in [-0.25, -0.2) is 4.99 Å². The lowest BCUT2D eigenvalue weighted by molar-refractivity contribution is 1.01. The van der Waals surface area contributed by atoms with Gasteiger partial charge in [0.1, 0.15) is 0 Å². The van der Waals surface area contributed by atoms with Gasteiger partial charge in [0.2, 0.25) is 0 Å². The summed E-state index contributed by atoms with van der Waals surface area (Å²) < 4.78 is 0. The van der Waals surface area contributed by atoms with Crippen molar-refractivity contribution >= 4 is 16.9 Å². The fraction of sp³-hybridized carbons (Fsp3) is 0.400. The SMILES string of the molecule is CSC1=NC=[C]CN1. The van der Waals surface area contributed by atoms with Crippen LogP contribution >= 0.6 is 11.8 Å². The van der Waals surface area contributed by atoms with Gasteiger partial charge in [0.15, 0.2) is 5.17 Å². The molecule has 2 nitrogen and oxygen atoms in total. The molecule has 0 aromatic rings. The molecule has 3 heteroatoms. The van der Waals surface area contributed by atoms with Crippen LogP contribution in [0.2, 0.25) is 0 Å². The molecule has 0 fully saturated rings. The molecule has 43 valence electrons. The number of aliphatic imine (C=N–C) groups is 1. The quantitative estimate of drug-likeness (QED) is 0.516. The van der Waals surface area contributed by atoms with Gasteiger partial charge in [-0.15, -0.1) is 0 Å². The zero-order valence-corrected chi connectivity index (χ0v) is 5.46. The van der Waals surface area contributed by atoms with Crippen molar-refractivity contribution in [3.8, 4) is 0 Å². The number of hydrogen-bond donors (Lipinski definition) is 1. The van der Waals surface area contributed by atoms with Gasteiger partial charge in [-0.05, 0) is 12.3 Å². The van der Waals surface area contributed by atoms with Crippen molar-refractivity contribution in [2.45, 2.75) is 0 Å². The first-order chi connectivity index (χ1) is 3.93. The molecule has 0 spiro atoms. The third-order valence-electron chi connectivity index (χ3n) is 0.808. The summed E-state index contributed by atoms with van der Waals surface area (Å²) in [5.74, 6) is 0. The summed E-state index contributed by atoms with van der Waals surface area (Å²) in [6.07, 6.45) is 6.60. The van der Waals surface area contributed by atoms with E-state index in [-0.39, 0.29) is 0 Å². The third-order valence-corrected chi connectivity index (χ3v) is 1.44. The summed E-state index contributed by atoms with van der Waals surface area (Å²) in [4.78, 5) is 3.98. The Bertz CT molecular complexity index is 128. The molecule has 1 aliphatic heterocycles. The van der Waals surface area contributed by atoms with Crippen LogP contribution in [0.1, 0.15) is 0 Å². The minimum absolute atomic E-state index is 0.791. The summed E-state index contributed by atoms with van der Waals surface area (Å²) in [6.45, 7) is 0.791. The molecule has 1 radical (unpaired) electrons. The molecule has 0 saturated heterocycles. The van der Waals surface area contributed by atoms with Crippen LogP contribution in [-0.2, 0) is 0 Å². The summed E-state index contributed by atoms with van der Waals surface area (Å²) >= 11 is 1.61. The van der Waals surface area contributed by atoms with E-state index in [0.29, 0.717) is 0 Å². The smallest absolute Gasteiger partial charge is 0.161 e. The highest BCUT2D eigenvalue weighted by Crippen LogP contribution is 1.97. The van der Waals surface area contributed by atoms with Crippen molar-refractivity contribution in [3.05, 3.63) is 12.3 Å². The van der Waals surface area contributed by atoms with E-state index in [2.05, 4.69) is 16.4 Å². The summed E-state index contributed by atoms with van der Waals surface area (Å²) in [7, 11) is 0.